The summed E-state index contributed by atoms with van der Waals surface area (Å²) in [5, 5.41) is 0. The summed E-state index contributed by atoms with van der Waals surface area (Å²) in [6, 6.07) is 11.1. The fraction of sp³-hybridized carbons (Fsp3) is 0.350. The van der Waals surface area contributed by atoms with Crippen molar-refractivity contribution in [2.24, 2.45) is 0 Å². The Labute approximate surface area is 163 Å². The van der Waals surface area contributed by atoms with Crippen LogP contribution in [0.5, 0.6) is 11.5 Å². The van der Waals surface area contributed by atoms with Gasteiger partial charge in [-0.05, 0) is 24.3 Å². The number of rotatable bonds is 4. The van der Waals surface area contributed by atoms with Crippen LogP contribution in [0.2, 0.25) is 0 Å². The molecule has 8 nitrogen and oxygen atoms in total. The summed E-state index contributed by atoms with van der Waals surface area (Å²) in [5.41, 5.74) is 0.622. The molecule has 28 heavy (non-hydrogen) atoms. The van der Waals surface area contributed by atoms with Gasteiger partial charge in [-0.15, -0.1) is 0 Å². The van der Waals surface area contributed by atoms with E-state index in [4.69, 9.17) is 9.47 Å². The standard InChI is InChI=1S/C20H22N4O4/c1-15(25)24(16-5-6-17-18(12-16)28-14-27-17)13-20(26)23-10-8-22(9-11-23)19-4-2-3-7-21-19/h2-7,12H,8-11,13-14H2,1H3. The lowest BCUT2D eigenvalue weighted by molar-refractivity contribution is -0.131. The van der Waals surface area contributed by atoms with Crippen LogP contribution in [-0.2, 0) is 9.59 Å². The molecule has 146 valence electrons. The molecule has 0 bridgehead atoms. The maximum absolute atomic E-state index is 12.8. The maximum atomic E-state index is 12.8. The second-order valence-corrected chi connectivity index (χ2v) is 6.70. The van der Waals surface area contributed by atoms with Crippen LogP contribution in [0.4, 0.5) is 11.5 Å². The van der Waals surface area contributed by atoms with Crippen LogP contribution >= 0.6 is 0 Å². The second-order valence-electron chi connectivity index (χ2n) is 6.70. The van der Waals surface area contributed by atoms with E-state index in [-0.39, 0.29) is 25.2 Å². The summed E-state index contributed by atoms with van der Waals surface area (Å²) in [7, 11) is 0. The number of aromatic nitrogens is 1. The Morgan fingerprint density at radius 3 is 2.57 bits per heavy atom. The van der Waals surface area contributed by atoms with Crippen molar-refractivity contribution in [3.05, 3.63) is 42.6 Å². The van der Waals surface area contributed by atoms with Crippen molar-refractivity contribution in [3.63, 3.8) is 0 Å². The number of hydrogen-bond donors (Lipinski definition) is 0. The van der Waals surface area contributed by atoms with E-state index < -0.39 is 0 Å². The number of carbonyl (C=O) groups is 2. The van der Waals surface area contributed by atoms with Gasteiger partial charge in [-0.25, -0.2) is 4.98 Å². The number of ether oxygens (including phenoxy) is 2. The lowest BCUT2D eigenvalue weighted by Crippen LogP contribution is -2.52. The minimum Gasteiger partial charge on any atom is -0.454 e. The van der Waals surface area contributed by atoms with Crippen LogP contribution in [0.15, 0.2) is 42.6 Å². The first-order valence-corrected chi connectivity index (χ1v) is 9.23. The molecule has 4 rings (SSSR count). The molecule has 0 saturated carbocycles. The highest BCUT2D eigenvalue weighted by atomic mass is 16.7. The SMILES string of the molecule is CC(=O)N(CC(=O)N1CCN(c2ccccn2)CC1)c1ccc2c(c1)OCO2. The Kier molecular flexibility index (Phi) is 5.01. The van der Waals surface area contributed by atoms with Crippen molar-refractivity contribution in [3.8, 4) is 11.5 Å². The Hall–Kier alpha value is -3.29. The quantitative estimate of drug-likeness (QED) is 0.798. The number of carbonyl (C=O) groups excluding carboxylic acids is 2. The van der Waals surface area contributed by atoms with Crippen LogP contribution in [0, 0.1) is 0 Å². The summed E-state index contributed by atoms with van der Waals surface area (Å²) >= 11 is 0. The van der Waals surface area contributed by atoms with Gasteiger partial charge < -0.3 is 24.2 Å². The molecule has 1 aromatic carbocycles. The van der Waals surface area contributed by atoms with Gasteiger partial charge >= 0.3 is 0 Å². The average Bonchev–Trinajstić information content (AvgIpc) is 3.20. The van der Waals surface area contributed by atoms with Gasteiger partial charge in [0, 0.05) is 51.1 Å². The van der Waals surface area contributed by atoms with Gasteiger partial charge in [0.25, 0.3) is 0 Å². The third-order valence-corrected chi connectivity index (χ3v) is 4.95. The van der Waals surface area contributed by atoms with Crippen LogP contribution in [-0.4, -0.2) is 61.2 Å². The minimum absolute atomic E-state index is 0.00142. The number of fused-ring (bicyclic) bond motifs is 1. The van der Waals surface area contributed by atoms with Gasteiger partial charge in [-0.3, -0.25) is 9.59 Å². The highest BCUT2D eigenvalue weighted by molar-refractivity contribution is 5.97. The fourth-order valence-electron chi connectivity index (χ4n) is 3.40. The van der Waals surface area contributed by atoms with E-state index in [9.17, 15) is 9.59 Å². The molecule has 3 heterocycles. The summed E-state index contributed by atoms with van der Waals surface area (Å²) in [6.07, 6.45) is 1.77. The zero-order chi connectivity index (χ0) is 19.5. The first-order valence-electron chi connectivity index (χ1n) is 9.23. The Morgan fingerprint density at radius 2 is 1.86 bits per heavy atom. The monoisotopic (exact) mass is 382 g/mol. The predicted octanol–water partition coefficient (Wildman–Crippen LogP) is 1.51. The van der Waals surface area contributed by atoms with Crippen molar-refractivity contribution >= 4 is 23.3 Å². The average molecular weight is 382 g/mol. The van der Waals surface area contributed by atoms with Crippen LogP contribution in [0.3, 0.4) is 0 Å². The summed E-state index contributed by atoms with van der Waals surface area (Å²) in [5.74, 6) is 1.87. The third kappa shape index (κ3) is 3.71. The summed E-state index contributed by atoms with van der Waals surface area (Å²) < 4.78 is 10.7. The molecule has 2 aliphatic rings. The van der Waals surface area contributed by atoms with Gasteiger partial charge in [0.05, 0.1) is 0 Å². The number of hydrogen-bond acceptors (Lipinski definition) is 6. The van der Waals surface area contributed by atoms with Crippen molar-refractivity contribution in [2.45, 2.75) is 6.92 Å². The molecule has 0 radical (unpaired) electrons. The van der Waals surface area contributed by atoms with E-state index in [1.54, 1.807) is 29.3 Å². The van der Waals surface area contributed by atoms with Crippen molar-refractivity contribution < 1.29 is 19.1 Å². The Balaban J connectivity index is 1.40. The van der Waals surface area contributed by atoms with E-state index in [0.717, 1.165) is 5.82 Å². The number of piperazine rings is 1. The van der Waals surface area contributed by atoms with Crippen molar-refractivity contribution in [1.29, 1.82) is 0 Å². The van der Waals surface area contributed by atoms with Crippen molar-refractivity contribution in [2.75, 3.05) is 49.3 Å². The molecule has 0 unspecified atom stereocenters. The van der Waals surface area contributed by atoms with Crippen LogP contribution in [0.25, 0.3) is 0 Å². The van der Waals surface area contributed by atoms with E-state index in [0.29, 0.717) is 43.4 Å². The number of nitrogens with zero attached hydrogens (tertiary/aromatic N) is 4. The number of amides is 2. The Bertz CT molecular complexity index is 866. The van der Waals surface area contributed by atoms with E-state index in [1.807, 2.05) is 18.2 Å². The molecule has 0 spiro atoms. The summed E-state index contributed by atoms with van der Waals surface area (Å²) in [6.45, 7) is 4.25. The van der Waals surface area contributed by atoms with Crippen LogP contribution < -0.4 is 19.3 Å². The molecule has 0 N–H and O–H groups in total. The molecule has 2 aromatic rings. The first kappa shape index (κ1) is 18.1. The molecule has 8 heteroatoms. The molecular formula is C20H22N4O4. The number of pyridine rings is 1. The predicted molar refractivity (Wildman–Crippen MR) is 104 cm³/mol. The smallest absolute Gasteiger partial charge is 0.242 e. The molecule has 0 aliphatic carbocycles. The van der Waals surface area contributed by atoms with Gasteiger partial charge in [0.1, 0.15) is 12.4 Å². The zero-order valence-corrected chi connectivity index (χ0v) is 15.7. The lowest BCUT2D eigenvalue weighted by Gasteiger charge is -2.36. The normalized spacial score (nSPS) is 15.5. The minimum atomic E-state index is -0.195. The zero-order valence-electron chi connectivity index (χ0n) is 15.7. The largest absolute Gasteiger partial charge is 0.454 e. The van der Waals surface area contributed by atoms with Gasteiger partial charge in [0.15, 0.2) is 11.5 Å². The molecule has 0 atom stereocenters. The van der Waals surface area contributed by atoms with Gasteiger partial charge in [0.2, 0.25) is 18.6 Å². The summed E-state index contributed by atoms with van der Waals surface area (Å²) in [4.78, 5) is 34.8. The number of benzene rings is 1. The van der Waals surface area contributed by atoms with Gasteiger partial charge in [-0.1, -0.05) is 6.07 Å². The fourth-order valence-corrected chi connectivity index (χ4v) is 3.40. The van der Waals surface area contributed by atoms with Gasteiger partial charge in [-0.2, -0.15) is 0 Å². The van der Waals surface area contributed by atoms with E-state index in [1.165, 1.54) is 11.8 Å². The molecule has 2 aliphatic heterocycles. The highest BCUT2D eigenvalue weighted by Gasteiger charge is 2.26. The lowest BCUT2D eigenvalue weighted by atomic mass is 10.2. The number of anilines is 2. The second kappa shape index (κ2) is 7.75. The molecule has 1 aromatic heterocycles. The van der Waals surface area contributed by atoms with E-state index in [2.05, 4.69) is 9.88 Å². The molecular weight excluding hydrogens is 360 g/mol. The van der Waals surface area contributed by atoms with Crippen molar-refractivity contribution in [1.82, 2.24) is 9.88 Å². The topological polar surface area (TPSA) is 75.2 Å². The maximum Gasteiger partial charge on any atom is 0.242 e. The highest BCUT2D eigenvalue weighted by Crippen LogP contribution is 2.35. The van der Waals surface area contributed by atoms with Crippen LogP contribution in [0.1, 0.15) is 6.92 Å². The molecule has 2 amide bonds. The van der Waals surface area contributed by atoms with E-state index >= 15 is 0 Å². The molecule has 1 saturated heterocycles. The first-order chi connectivity index (χ1) is 13.6. The molecule has 1 fully saturated rings. The third-order valence-electron chi connectivity index (χ3n) is 4.95. The Morgan fingerprint density at radius 1 is 1.07 bits per heavy atom.